The lowest BCUT2D eigenvalue weighted by molar-refractivity contribution is -0.134. The molecule has 0 saturated carbocycles. The fourth-order valence-corrected chi connectivity index (χ4v) is 2.58. The minimum Gasteiger partial charge on any atom is -0.334 e. The predicted octanol–water partition coefficient (Wildman–Crippen LogP) is 1.76. The number of nitrogens with one attached hydrogen (secondary N) is 1. The van der Waals surface area contributed by atoms with Gasteiger partial charge in [-0.3, -0.25) is 9.59 Å². The Kier molecular flexibility index (Phi) is 7.92. The molecule has 1 aromatic heterocycles. The van der Waals surface area contributed by atoms with Gasteiger partial charge < -0.3 is 16.0 Å². The summed E-state index contributed by atoms with van der Waals surface area (Å²) >= 11 is 1.38. The van der Waals surface area contributed by atoms with E-state index in [0.717, 1.165) is 25.0 Å². The number of rotatable bonds is 9. The van der Waals surface area contributed by atoms with Gasteiger partial charge >= 0.3 is 0 Å². The number of anilines is 1. The van der Waals surface area contributed by atoms with Crippen LogP contribution in [0.1, 0.15) is 38.3 Å². The van der Waals surface area contributed by atoms with Crippen molar-refractivity contribution in [1.29, 1.82) is 0 Å². The molecule has 1 heterocycles. The summed E-state index contributed by atoms with van der Waals surface area (Å²) in [7, 11) is 0. The lowest BCUT2D eigenvalue weighted by Gasteiger charge is -2.20. The van der Waals surface area contributed by atoms with Crippen LogP contribution in [0.25, 0.3) is 0 Å². The summed E-state index contributed by atoms with van der Waals surface area (Å²) in [6.07, 6.45) is 3.17. The number of nitrogens with two attached hydrogens (primary N) is 1. The van der Waals surface area contributed by atoms with Crippen molar-refractivity contribution in [2.45, 2.75) is 39.5 Å². The average molecular weight is 312 g/mol. The highest BCUT2D eigenvalue weighted by Crippen LogP contribution is 2.14. The number of hydrogen-bond acceptors (Lipinski definition) is 5. The maximum Gasteiger partial charge on any atom is 0.245 e. The molecule has 0 radical (unpaired) electrons. The lowest BCUT2D eigenvalue weighted by Crippen LogP contribution is -2.37. The first-order chi connectivity index (χ1) is 10.1. The average Bonchev–Trinajstić information content (AvgIpc) is 2.85. The van der Waals surface area contributed by atoms with Crippen LogP contribution in [0.2, 0.25) is 0 Å². The van der Waals surface area contributed by atoms with Crippen LogP contribution in [0.4, 0.5) is 5.13 Å². The van der Waals surface area contributed by atoms with Crippen LogP contribution in [-0.4, -0.2) is 41.3 Å². The zero-order valence-electron chi connectivity index (χ0n) is 12.7. The Hall–Kier alpha value is -1.47. The molecule has 0 bridgehead atoms. The Morgan fingerprint density at radius 1 is 1.38 bits per heavy atom. The molecule has 6 nitrogen and oxygen atoms in total. The fourth-order valence-electron chi connectivity index (χ4n) is 1.88. The quantitative estimate of drug-likeness (QED) is 0.680. The molecule has 0 aromatic carbocycles. The molecule has 1 aromatic rings. The maximum absolute atomic E-state index is 12.0. The van der Waals surface area contributed by atoms with Gasteiger partial charge in [0.05, 0.1) is 12.2 Å². The third-order valence-corrected chi connectivity index (χ3v) is 3.90. The van der Waals surface area contributed by atoms with E-state index in [2.05, 4.69) is 10.3 Å². The second-order valence-corrected chi connectivity index (χ2v) is 5.71. The van der Waals surface area contributed by atoms with Crippen LogP contribution in [0.15, 0.2) is 5.38 Å². The minimum atomic E-state index is -0.207. The largest absolute Gasteiger partial charge is 0.334 e. The monoisotopic (exact) mass is 312 g/mol. The molecule has 0 saturated heterocycles. The van der Waals surface area contributed by atoms with E-state index in [0.29, 0.717) is 24.6 Å². The van der Waals surface area contributed by atoms with E-state index >= 15 is 0 Å². The molecule has 2 amide bonds. The van der Waals surface area contributed by atoms with Crippen molar-refractivity contribution in [2.24, 2.45) is 5.73 Å². The SMILES string of the molecule is CCN(CC(=O)Nc1nc(C)cs1)C(=O)CCCCCN. The van der Waals surface area contributed by atoms with Gasteiger partial charge in [0.15, 0.2) is 5.13 Å². The zero-order chi connectivity index (χ0) is 15.7. The van der Waals surface area contributed by atoms with Crippen LogP contribution in [0.3, 0.4) is 0 Å². The molecule has 0 aliphatic carbocycles. The zero-order valence-corrected chi connectivity index (χ0v) is 13.5. The molecule has 0 atom stereocenters. The Morgan fingerprint density at radius 2 is 2.14 bits per heavy atom. The van der Waals surface area contributed by atoms with Crippen LogP contribution < -0.4 is 11.1 Å². The van der Waals surface area contributed by atoms with E-state index in [4.69, 9.17) is 5.73 Å². The Morgan fingerprint density at radius 3 is 2.71 bits per heavy atom. The minimum absolute atomic E-state index is 0.0139. The first-order valence-electron chi connectivity index (χ1n) is 7.26. The number of amides is 2. The molecular formula is C14H24N4O2S. The maximum atomic E-state index is 12.0. The Balaban J connectivity index is 2.37. The number of nitrogens with zero attached hydrogens (tertiary/aromatic N) is 2. The van der Waals surface area contributed by atoms with Gasteiger partial charge in [-0.1, -0.05) is 6.42 Å². The van der Waals surface area contributed by atoms with Crippen molar-refractivity contribution in [1.82, 2.24) is 9.88 Å². The van der Waals surface area contributed by atoms with Gasteiger partial charge in [0.2, 0.25) is 11.8 Å². The van der Waals surface area contributed by atoms with E-state index in [9.17, 15) is 9.59 Å². The molecule has 118 valence electrons. The summed E-state index contributed by atoms with van der Waals surface area (Å²) in [6, 6.07) is 0. The Bertz CT molecular complexity index is 462. The van der Waals surface area contributed by atoms with Crippen molar-refractivity contribution in [2.75, 3.05) is 25.0 Å². The number of hydrogen-bond donors (Lipinski definition) is 2. The Labute approximate surface area is 129 Å². The summed E-state index contributed by atoms with van der Waals surface area (Å²) in [5.74, 6) is -0.193. The number of carbonyl (C=O) groups is 2. The van der Waals surface area contributed by atoms with E-state index in [1.807, 2.05) is 19.2 Å². The highest BCUT2D eigenvalue weighted by molar-refractivity contribution is 7.13. The molecule has 21 heavy (non-hydrogen) atoms. The predicted molar refractivity (Wildman–Crippen MR) is 85.3 cm³/mol. The topological polar surface area (TPSA) is 88.3 Å². The normalized spacial score (nSPS) is 10.4. The smallest absolute Gasteiger partial charge is 0.245 e. The number of likely N-dealkylation sites (N-methyl/N-ethyl adjacent to an activating group) is 1. The fraction of sp³-hybridized carbons (Fsp3) is 0.643. The van der Waals surface area contributed by atoms with Crippen LogP contribution >= 0.6 is 11.3 Å². The van der Waals surface area contributed by atoms with E-state index in [1.165, 1.54) is 11.3 Å². The van der Waals surface area contributed by atoms with E-state index < -0.39 is 0 Å². The summed E-state index contributed by atoms with van der Waals surface area (Å²) in [5.41, 5.74) is 6.29. The van der Waals surface area contributed by atoms with Crippen LogP contribution in [-0.2, 0) is 9.59 Å². The standard InChI is InChI=1S/C14H24N4O2S/c1-3-18(13(20)7-5-4-6-8-15)9-12(19)17-14-16-11(2)10-21-14/h10H,3-9,15H2,1-2H3,(H,16,17,19). The van der Waals surface area contributed by atoms with E-state index in [-0.39, 0.29) is 18.4 Å². The molecule has 1 rings (SSSR count). The van der Waals surface area contributed by atoms with Crippen molar-refractivity contribution in [3.8, 4) is 0 Å². The van der Waals surface area contributed by atoms with Gasteiger partial charge in [0.25, 0.3) is 0 Å². The highest BCUT2D eigenvalue weighted by atomic mass is 32.1. The third-order valence-electron chi connectivity index (χ3n) is 3.03. The third kappa shape index (κ3) is 6.68. The van der Waals surface area contributed by atoms with E-state index in [1.54, 1.807) is 4.90 Å². The summed E-state index contributed by atoms with van der Waals surface area (Å²) in [4.78, 5) is 29.7. The number of unbranched alkanes of at least 4 members (excludes halogenated alkanes) is 2. The van der Waals surface area contributed by atoms with Crippen molar-refractivity contribution in [3.05, 3.63) is 11.1 Å². The molecule has 0 fully saturated rings. The molecule has 3 N–H and O–H groups in total. The summed E-state index contributed by atoms with van der Waals surface area (Å²) < 4.78 is 0. The van der Waals surface area contributed by atoms with Crippen LogP contribution in [0, 0.1) is 6.92 Å². The first kappa shape index (κ1) is 17.6. The van der Waals surface area contributed by atoms with Gasteiger partial charge in [0.1, 0.15) is 0 Å². The highest BCUT2D eigenvalue weighted by Gasteiger charge is 2.15. The van der Waals surface area contributed by atoms with Gasteiger partial charge in [-0.15, -0.1) is 11.3 Å². The lowest BCUT2D eigenvalue weighted by atomic mass is 10.2. The van der Waals surface area contributed by atoms with Crippen LogP contribution in [0.5, 0.6) is 0 Å². The number of thiazole rings is 1. The summed E-state index contributed by atoms with van der Waals surface area (Å²) in [6.45, 7) is 5.00. The molecule has 0 spiro atoms. The number of aryl methyl sites for hydroxylation is 1. The van der Waals surface area contributed by atoms with Crippen molar-refractivity contribution < 1.29 is 9.59 Å². The van der Waals surface area contributed by atoms with Crippen molar-refractivity contribution >= 4 is 28.3 Å². The number of aromatic nitrogens is 1. The van der Waals surface area contributed by atoms with Gasteiger partial charge in [-0.2, -0.15) is 0 Å². The molecule has 0 aliphatic rings. The first-order valence-corrected chi connectivity index (χ1v) is 8.14. The van der Waals surface area contributed by atoms with Gasteiger partial charge in [-0.25, -0.2) is 4.98 Å². The van der Waals surface area contributed by atoms with Gasteiger partial charge in [0, 0.05) is 18.3 Å². The molecule has 7 heteroatoms. The number of carbonyl (C=O) groups excluding carboxylic acids is 2. The molecule has 0 unspecified atom stereocenters. The molecule has 0 aliphatic heterocycles. The van der Waals surface area contributed by atoms with Crippen molar-refractivity contribution in [3.63, 3.8) is 0 Å². The second-order valence-electron chi connectivity index (χ2n) is 4.85. The summed E-state index contributed by atoms with van der Waals surface area (Å²) in [5, 5.41) is 5.16. The van der Waals surface area contributed by atoms with Gasteiger partial charge in [-0.05, 0) is 33.2 Å². The molecular weight excluding hydrogens is 288 g/mol. The second kappa shape index (κ2) is 9.46.